The molecule has 4 N–H and O–H groups in total. The third kappa shape index (κ3) is 3.81. The van der Waals surface area contributed by atoms with Crippen LogP contribution in [0.1, 0.15) is 49.9 Å². The number of amides is 2. The number of esters is 1. The first-order chi connectivity index (χ1) is 13.3. The highest BCUT2D eigenvalue weighted by Crippen LogP contribution is 2.34. The molecule has 3 rings (SSSR count). The smallest absolute Gasteiger partial charge is 0.341 e. The van der Waals surface area contributed by atoms with E-state index in [1.807, 2.05) is 0 Å². The number of carbonyl (C=O) groups is 3. The van der Waals surface area contributed by atoms with Gasteiger partial charge < -0.3 is 20.2 Å². The van der Waals surface area contributed by atoms with Crippen molar-refractivity contribution in [3.05, 3.63) is 46.2 Å². The molecule has 28 heavy (non-hydrogen) atoms. The van der Waals surface area contributed by atoms with Crippen molar-refractivity contribution in [1.82, 2.24) is 10.2 Å². The number of ether oxygens (including phenoxy) is 1. The highest BCUT2D eigenvalue weighted by molar-refractivity contribution is 7.18. The van der Waals surface area contributed by atoms with Crippen molar-refractivity contribution < 1.29 is 23.5 Å². The molecule has 2 amide bonds. The van der Waals surface area contributed by atoms with Crippen LogP contribution in [-0.4, -0.2) is 34.1 Å². The van der Waals surface area contributed by atoms with Gasteiger partial charge in [-0.15, -0.1) is 11.3 Å². The van der Waals surface area contributed by atoms with Crippen molar-refractivity contribution in [2.45, 2.75) is 26.9 Å². The Balaban J connectivity index is 1.90. The van der Waals surface area contributed by atoms with Gasteiger partial charge in [-0.2, -0.15) is 5.10 Å². The first-order valence-corrected chi connectivity index (χ1v) is 9.14. The number of carbonyl (C=O) groups excluding carboxylic acids is 3. The highest BCUT2D eigenvalue weighted by Gasteiger charge is 2.27. The molecule has 3 heterocycles. The number of hydrogen-bond donors (Lipinski definition) is 3. The number of thiophene rings is 1. The third-order valence-corrected chi connectivity index (χ3v) is 4.96. The molecule has 0 aliphatic heterocycles. The minimum atomic E-state index is -0.693. The summed E-state index contributed by atoms with van der Waals surface area (Å²) in [6, 6.07) is 4.94. The number of anilines is 1. The van der Waals surface area contributed by atoms with E-state index in [1.165, 1.54) is 12.3 Å². The average Bonchev–Trinajstić information content (AvgIpc) is 3.33. The van der Waals surface area contributed by atoms with Crippen LogP contribution >= 0.6 is 11.3 Å². The zero-order valence-electron chi connectivity index (χ0n) is 15.4. The maximum Gasteiger partial charge on any atom is 0.341 e. The Hall–Kier alpha value is -3.40. The normalized spacial score (nSPS) is 10.9. The van der Waals surface area contributed by atoms with Crippen LogP contribution in [-0.2, 0) is 4.74 Å². The Morgan fingerprint density at radius 2 is 2.11 bits per heavy atom. The first kappa shape index (κ1) is 19.4. The van der Waals surface area contributed by atoms with Gasteiger partial charge in [0.2, 0.25) is 0 Å². The number of rotatable bonds is 6. The van der Waals surface area contributed by atoms with Gasteiger partial charge in [0.15, 0.2) is 11.5 Å². The van der Waals surface area contributed by atoms with Crippen molar-refractivity contribution in [3.8, 4) is 11.5 Å². The molecular formula is C18H18N4O5S. The van der Waals surface area contributed by atoms with Gasteiger partial charge in [-0.25, -0.2) is 4.79 Å². The molecular weight excluding hydrogens is 384 g/mol. The van der Waals surface area contributed by atoms with Crippen LogP contribution in [0.5, 0.6) is 0 Å². The molecule has 0 radical (unpaired) electrons. The minimum Gasteiger partial charge on any atom is -0.463 e. The zero-order chi connectivity index (χ0) is 20.4. The third-order valence-electron chi connectivity index (χ3n) is 3.74. The number of nitrogens with zero attached hydrogens (tertiary/aromatic N) is 1. The zero-order valence-corrected chi connectivity index (χ0v) is 16.2. The van der Waals surface area contributed by atoms with Gasteiger partial charge in [0.1, 0.15) is 10.7 Å². The lowest BCUT2D eigenvalue weighted by atomic mass is 10.1. The van der Waals surface area contributed by atoms with Crippen LogP contribution in [0.2, 0.25) is 0 Å². The van der Waals surface area contributed by atoms with Crippen LogP contribution in [0.15, 0.2) is 28.9 Å². The first-order valence-electron chi connectivity index (χ1n) is 8.32. The lowest BCUT2D eigenvalue weighted by Gasteiger charge is -2.10. The maximum atomic E-state index is 12.6. The van der Waals surface area contributed by atoms with E-state index in [4.69, 9.17) is 14.9 Å². The largest absolute Gasteiger partial charge is 0.463 e. The minimum absolute atomic E-state index is 0.0845. The number of aromatic nitrogens is 2. The van der Waals surface area contributed by atoms with Gasteiger partial charge in [0, 0.05) is 6.07 Å². The molecule has 0 aromatic carbocycles. The van der Waals surface area contributed by atoms with Gasteiger partial charge in [-0.05, 0) is 38.5 Å². The van der Waals surface area contributed by atoms with E-state index in [-0.39, 0.29) is 27.2 Å². The van der Waals surface area contributed by atoms with Gasteiger partial charge in [-0.3, -0.25) is 14.7 Å². The van der Waals surface area contributed by atoms with Crippen molar-refractivity contribution in [2.75, 3.05) is 5.32 Å². The van der Waals surface area contributed by atoms with E-state index in [0.29, 0.717) is 17.0 Å². The van der Waals surface area contributed by atoms with Gasteiger partial charge >= 0.3 is 5.97 Å². The van der Waals surface area contributed by atoms with Gasteiger partial charge in [0.05, 0.1) is 22.8 Å². The fourth-order valence-corrected chi connectivity index (χ4v) is 3.56. The molecule has 0 atom stereocenters. The van der Waals surface area contributed by atoms with Crippen LogP contribution in [0.25, 0.3) is 11.5 Å². The molecule has 3 aromatic rings. The molecule has 3 aromatic heterocycles. The van der Waals surface area contributed by atoms with Crippen molar-refractivity contribution in [2.24, 2.45) is 5.73 Å². The molecule has 0 aliphatic carbocycles. The quantitative estimate of drug-likeness (QED) is 0.542. The van der Waals surface area contributed by atoms with Crippen LogP contribution in [0.3, 0.4) is 0 Å². The Morgan fingerprint density at radius 1 is 1.36 bits per heavy atom. The van der Waals surface area contributed by atoms with E-state index >= 15 is 0 Å². The number of nitrogens with one attached hydrogen (secondary N) is 2. The average molecular weight is 402 g/mol. The van der Waals surface area contributed by atoms with Crippen molar-refractivity contribution >= 4 is 34.1 Å². The fourth-order valence-electron chi connectivity index (χ4n) is 2.52. The van der Waals surface area contributed by atoms with Crippen LogP contribution < -0.4 is 11.1 Å². The molecule has 0 fully saturated rings. The molecule has 146 valence electrons. The monoisotopic (exact) mass is 402 g/mol. The van der Waals surface area contributed by atoms with Crippen LogP contribution in [0.4, 0.5) is 5.00 Å². The predicted molar refractivity (Wildman–Crippen MR) is 102 cm³/mol. The van der Waals surface area contributed by atoms with Gasteiger partial charge in [0.25, 0.3) is 11.8 Å². The summed E-state index contributed by atoms with van der Waals surface area (Å²) >= 11 is 0.913. The maximum absolute atomic E-state index is 12.6. The summed E-state index contributed by atoms with van der Waals surface area (Å²) in [6.45, 7) is 4.98. The summed E-state index contributed by atoms with van der Waals surface area (Å²) in [5.41, 5.74) is 6.44. The van der Waals surface area contributed by atoms with E-state index < -0.39 is 17.8 Å². The SMILES string of the molecule is Cc1c(C(N)=O)sc(NC(=O)c2cc(-c3ccco3)[nH]n2)c1C(=O)OC(C)C. The Bertz CT molecular complexity index is 1030. The lowest BCUT2D eigenvalue weighted by molar-refractivity contribution is 0.0379. The summed E-state index contributed by atoms with van der Waals surface area (Å²) in [5, 5.41) is 9.45. The summed E-state index contributed by atoms with van der Waals surface area (Å²) in [7, 11) is 0. The number of nitrogens with two attached hydrogens (primary N) is 1. The standard InChI is InChI=1S/C18H18N4O5S/c1-8(2)27-18(25)13-9(3)14(15(19)23)28-17(13)20-16(24)11-7-10(21-22-11)12-5-4-6-26-12/h4-8H,1-3H3,(H2,19,23)(H,20,24)(H,21,22). The second-order valence-corrected chi connectivity index (χ2v) is 7.20. The summed E-state index contributed by atoms with van der Waals surface area (Å²) in [4.78, 5) is 36.9. The second-order valence-electron chi connectivity index (χ2n) is 6.18. The molecule has 0 saturated carbocycles. The molecule has 9 nitrogen and oxygen atoms in total. The summed E-state index contributed by atoms with van der Waals surface area (Å²) in [6.07, 6.45) is 1.14. The fraction of sp³-hybridized carbons (Fsp3) is 0.222. The number of hydrogen-bond acceptors (Lipinski definition) is 7. The van der Waals surface area contributed by atoms with Crippen molar-refractivity contribution in [1.29, 1.82) is 0 Å². The molecule has 10 heteroatoms. The number of H-pyrrole nitrogens is 1. The summed E-state index contributed by atoms with van der Waals surface area (Å²) in [5.74, 6) is -1.38. The van der Waals surface area contributed by atoms with E-state index in [2.05, 4.69) is 15.5 Å². The molecule has 0 spiro atoms. The Labute approximate surface area is 163 Å². The second kappa shape index (κ2) is 7.69. The topological polar surface area (TPSA) is 140 Å². The summed E-state index contributed by atoms with van der Waals surface area (Å²) < 4.78 is 10.5. The van der Waals surface area contributed by atoms with Gasteiger partial charge in [-0.1, -0.05) is 0 Å². The molecule has 0 aliphatic rings. The lowest BCUT2D eigenvalue weighted by Crippen LogP contribution is -2.17. The molecule has 0 saturated heterocycles. The Kier molecular flexibility index (Phi) is 5.32. The predicted octanol–water partition coefficient (Wildman–Crippen LogP) is 2.96. The number of furan rings is 1. The molecule has 0 unspecified atom stereocenters. The van der Waals surface area contributed by atoms with E-state index in [9.17, 15) is 14.4 Å². The number of aromatic amines is 1. The van der Waals surface area contributed by atoms with Crippen LogP contribution in [0, 0.1) is 6.92 Å². The highest BCUT2D eigenvalue weighted by atomic mass is 32.1. The number of primary amides is 1. The molecule has 0 bridgehead atoms. The van der Waals surface area contributed by atoms with Crippen molar-refractivity contribution in [3.63, 3.8) is 0 Å². The van der Waals surface area contributed by atoms with E-state index in [0.717, 1.165) is 11.3 Å². The Morgan fingerprint density at radius 3 is 2.71 bits per heavy atom. The van der Waals surface area contributed by atoms with E-state index in [1.54, 1.807) is 32.9 Å².